The summed E-state index contributed by atoms with van der Waals surface area (Å²) in [6, 6.07) is 10.4. The van der Waals surface area contributed by atoms with Crippen LogP contribution in [0.2, 0.25) is 0 Å². The Labute approximate surface area is 173 Å². The van der Waals surface area contributed by atoms with E-state index in [1.165, 1.54) is 12.1 Å². The summed E-state index contributed by atoms with van der Waals surface area (Å²) in [6.45, 7) is 3.77. The maximum absolute atomic E-state index is 14.7. The summed E-state index contributed by atoms with van der Waals surface area (Å²) in [5.41, 5.74) is 0.0576. The molecule has 0 radical (unpaired) electrons. The summed E-state index contributed by atoms with van der Waals surface area (Å²) in [6.07, 6.45) is 4.66. The van der Waals surface area contributed by atoms with E-state index in [0.29, 0.717) is 29.7 Å². The third kappa shape index (κ3) is 3.98. The molecule has 1 saturated carbocycles. The molecule has 0 unspecified atom stereocenters. The van der Waals surface area contributed by atoms with Crippen molar-refractivity contribution in [2.24, 2.45) is 5.92 Å². The van der Waals surface area contributed by atoms with Gasteiger partial charge in [0.25, 0.3) is 0 Å². The van der Waals surface area contributed by atoms with Gasteiger partial charge >= 0.3 is 0 Å². The Bertz CT molecular complexity index is 1180. The smallest absolute Gasteiger partial charge is 0.174 e. The Kier molecular flexibility index (Phi) is 5.63. The van der Waals surface area contributed by atoms with Crippen LogP contribution in [0.4, 0.5) is 17.6 Å². The van der Waals surface area contributed by atoms with Gasteiger partial charge in [-0.25, -0.2) is 17.6 Å². The van der Waals surface area contributed by atoms with Gasteiger partial charge in [0.2, 0.25) is 0 Å². The Hall–Kier alpha value is -3.06. The number of hydrogen-bond donors (Lipinski definition) is 0. The molecule has 1 fully saturated rings. The molecular formula is C26H20F4. The molecule has 3 aromatic rings. The predicted molar refractivity (Wildman–Crippen MR) is 111 cm³/mol. The average Bonchev–Trinajstić information content (AvgIpc) is 2.75. The SMILES string of the molecule is C=CC1CCC(c2c(F)cc(C#Cc3ccc4cc(F)ccc4c3)c(F)c2F)CC1. The molecule has 3 aromatic carbocycles. The van der Waals surface area contributed by atoms with Crippen molar-refractivity contribution < 1.29 is 17.6 Å². The van der Waals surface area contributed by atoms with Crippen molar-refractivity contribution in [3.8, 4) is 11.8 Å². The summed E-state index contributed by atoms with van der Waals surface area (Å²) in [7, 11) is 0. The number of halogens is 4. The number of hydrogen-bond acceptors (Lipinski definition) is 0. The normalized spacial score (nSPS) is 18.7. The molecule has 1 aliphatic rings. The second-order valence-corrected chi connectivity index (χ2v) is 7.75. The van der Waals surface area contributed by atoms with E-state index in [-0.39, 0.29) is 22.9 Å². The fraction of sp³-hybridized carbons (Fsp3) is 0.231. The molecule has 1 aliphatic carbocycles. The number of benzene rings is 3. The lowest BCUT2D eigenvalue weighted by Gasteiger charge is -2.27. The van der Waals surface area contributed by atoms with E-state index >= 15 is 0 Å². The zero-order valence-corrected chi connectivity index (χ0v) is 16.3. The third-order valence-corrected chi connectivity index (χ3v) is 5.85. The highest BCUT2D eigenvalue weighted by Gasteiger charge is 2.28. The Morgan fingerprint density at radius 2 is 1.50 bits per heavy atom. The fourth-order valence-electron chi connectivity index (χ4n) is 4.15. The van der Waals surface area contributed by atoms with Crippen molar-refractivity contribution in [3.05, 3.63) is 95.1 Å². The van der Waals surface area contributed by atoms with Crippen LogP contribution in [0.15, 0.2) is 55.1 Å². The molecule has 0 spiro atoms. The van der Waals surface area contributed by atoms with Gasteiger partial charge in [0, 0.05) is 11.1 Å². The molecule has 0 atom stereocenters. The molecule has 4 heteroatoms. The zero-order chi connectivity index (χ0) is 21.3. The first-order valence-corrected chi connectivity index (χ1v) is 9.97. The van der Waals surface area contributed by atoms with Crippen LogP contribution in [0.5, 0.6) is 0 Å². The van der Waals surface area contributed by atoms with E-state index < -0.39 is 17.5 Å². The molecule has 4 rings (SSSR count). The summed E-state index contributed by atoms with van der Waals surface area (Å²) in [5.74, 6) is 1.94. The van der Waals surface area contributed by atoms with Crippen molar-refractivity contribution in [3.63, 3.8) is 0 Å². The van der Waals surface area contributed by atoms with E-state index in [0.717, 1.165) is 24.3 Å². The maximum atomic E-state index is 14.7. The number of rotatable bonds is 2. The topological polar surface area (TPSA) is 0 Å². The molecule has 0 N–H and O–H groups in total. The minimum absolute atomic E-state index is 0.173. The average molecular weight is 408 g/mol. The summed E-state index contributed by atoms with van der Waals surface area (Å²) in [5, 5.41) is 1.48. The summed E-state index contributed by atoms with van der Waals surface area (Å²) in [4.78, 5) is 0. The first kappa shape index (κ1) is 20.2. The predicted octanol–water partition coefficient (Wildman–Crippen LogP) is 7.26. The molecule has 0 bridgehead atoms. The molecule has 0 saturated heterocycles. The number of fused-ring (bicyclic) bond motifs is 1. The lowest BCUT2D eigenvalue weighted by atomic mass is 9.78. The van der Waals surface area contributed by atoms with Gasteiger partial charge in [0.15, 0.2) is 11.6 Å². The minimum atomic E-state index is -1.14. The van der Waals surface area contributed by atoms with Crippen molar-refractivity contribution in [1.82, 2.24) is 0 Å². The first-order valence-electron chi connectivity index (χ1n) is 9.97. The summed E-state index contributed by atoms with van der Waals surface area (Å²) < 4.78 is 57.3. The standard InChI is InChI=1S/C26H20F4/c1-2-16-3-7-18(8-4-16)24-23(28)15-21(25(29)26(24)30)10-6-17-5-9-20-14-22(27)12-11-19(20)13-17/h2,5,9,11-16,18H,1,3-4,7-8H2. The Morgan fingerprint density at radius 1 is 0.800 bits per heavy atom. The van der Waals surface area contributed by atoms with Crippen LogP contribution >= 0.6 is 0 Å². The molecular weight excluding hydrogens is 388 g/mol. The molecule has 0 nitrogen and oxygen atoms in total. The van der Waals surface area contributed by atoms with E-state index in [1.807, 2.05) is 6.08 Å². The van der Waals surface area contributed by atoms with Gasteiger partial charge in [0.05, 0.1) is 5.56 Å². The third-order valence-electron chi connectivity index (χ3n) is 5.85. The lowest BCUT2D eigenvalue weighted by Crippen LogP contribution is -2.15. The van der Waals surface area contributed by atoms with Gasteiger partial charge in [-0.3, -0.25) is 0 Å². The quantitative estimate of drug-likeness (QED) is 0.181. The monoisotopic (exact) mass is 408 g/mol. The van der Waals surface area contributed by atoms with Crippen LogP contribution in [-0.2, 0) is 0 Å². The Balaban J connectivity index is 1.64. The van der Waals surface area contributed by atoms with Crippen LogP contribution in [0.3, 0.4) is 0 Å². The van der Waals surface area contributed by atoms with Crippen molar-refractivity contribution >= 4 is 10.8 Å². The van der Waals surface area contributed by atoms with Crippen LogP contribution < -0.4 is 0 Å². The molecule has 0 aromatic heterocycles. The van der Waals surface area contributed by atoms with E-state index in [2.05, 4.69) is 18.4 Å². The van der Waals surface area contributed by atoms with Gasteiger partial charge < -0.3 is 0 Å². The Morgan fingerprint density at radius 3 is 2.23 bits per heavy atom. The second kappa shape index (κ2) is 8.36. The van der Waals surface area contributed by atoms with E-state index in [9.17, 15) is 17.6 Å². The fourth-order valence-corrected chi connectivity index (χ4v) is 4.15. The van der Waals surface area contributed by atoms with Gasteiger partial charge in [-0.1, -0.05) is 30.0 Å². The highest BCUT2D eigenvalue weighted by Crippen LogP contribution is 2.39. The highest BCUT2D eigenvalue weighted by molar-refractivity contribution is 5.84. The van der Waals surface area contributed by atoms with E-state index in [1.54, 1.807) is 24.3 Å². The maximum Gasteiger partial charge on any atom is 0.174 e. The minimum Gasteiger partial charge on any atom is -0.207 e. The highest BCUT2D eigenvalue weighted by atomic mass is 19.2. The van der Waals surface area contributed by atoms with Gasteiger partial charge in [-0.2, -0.15) is 0 Å². The zero-order valence-electron chi connectivity index (χ0n) is 16.3. The van der Waals surface area contributed by atoms with Crippen LogP contribution in [0.1, 0.15) is 48.3 Å². The first-order chi connectivity index (χ1) is 14.5. The van der Waals surface area contributed by atoms with E-state index in [4.69, 9.17) is 0 Å². The van der Waals surface area contributed by atoms with Crippen molar-refractivity contribution in [1.29, 1.82) is 0 Å². The second-order valence-electron chi connectivity index (χ2n) is 7.75. The van der Waals surface area contributed by atoms with Crippen LogP contribution in [0.25, 0.3) is 10.8 Å². The molecule has 0 aliphatic heterocycles. The van der Waals surface area contributed by atoms with Crippen LogP contribution in [-0.4, -0.2) is 0 Å². The molecule has 30 heavy (non-hydrogen) atoms. The van der Waals surface area contributed by atoms with Crippen LogP contribution in [0, 0.1) is 41.0 Å². The number of allylic oxidation sites excluding steroid dienone is 1. The molecule has 0 heterocycles. The van der Waals surface area contributed by atoms with Gasteiger partial charge in [-0.05, 0) is 78.6 Å². The van der Waals surface area contributed by atoms with Crippen molar-refractivity contribution in [2.45, 2.75) is 31.6 Å². The van der Waals surface area contributed by atoms with Gasteiger partial charge in [0.1, 0.15) is 11.6 Å². The molecule has 152 valence electrons. The summed E-state index contributed by atoms with van der Waals surface area (Å²) >= 11 is 0. The van der Waals surface area contributed by atoms with Gasteiger partial charge in [-0.15, -0.1) is 6.58 Å². The molecule has 0 amide bonds. The lowest BCUT2D eigenvalue weighted by molar-refractivity contribution is 0.354. The largest absolute Gasteiger partial charge is 0.207 e. The van der Waals surface area contributed by atoms with Crippen molar-refractivity contribution in [2.75, 3.05) is 0 Å².